The molecule has 0 amide bonds. The minimum atomic E-state index is -0.627. The molecule has 0 aliphatic heterocycles. The molecule has 0 spiro atoms. The van der Waals surface area contributed by atoms with Gasteiger partial charge in [-0.05, 0) is 54.6 Å². The van der Waals surface area contributed by atoms with Crippen molar-refractivity contribution >= 4 is 17.3 Å². The van der Waals surface area contributed by atoms with E-state index in [0.717, 1.165) is 25.8 Å². The predicted molar refractivity (Wildman–Crippen MR) is 69.2 cm³/mol. The third kappa shape index (κ3) is 3.07. The maximum atomic E-state index is 11.1. The molecule has 0 aromatic carbocycles. The molecular weight excluding hydrogens is 234 g/mol. The van der Waals surface area contributed by atoms with Crippen molar-refractivity contribution in [2.45, 2.75) is 32.2 Å². The summed E-state index contributed by atoms with van der Waals surface area (Å²) in [5.74, 6) is -0.469. The molecule has 1 saturated carbocycles. The van der Waals surface area contributed by atoms with E-state index in [9.17, 15) is 4.79 Å². The fourth-order valence-corrected chi connectivity index (χ4v) is 3.33. The summed E-state index contributed by atoms with van der Waals surface area (Å²) in [5, 5.41) is 16.8. The molecule has 2 rings (SSSR count). The average Bonchev–Trinajstić information content (AvgIpc) is 2.96. The van der Waals surface area contributed by atoms with Gasteiger partial charge in [0, 0.05) is 6.04 Å². The van der Waals surface area contributed by atoms with Crippen LogP contribution in [-0.2, 0) is 4.79 Å². The minimum Gasteiger partial charge on any atom is -0.481 e. The van der Waals surface area contributed by atoms with Crippen LogP contribution in [0.4, 0.5) is 0 Å². The molecule has 1 aliphatic carbocycles. The van der Waals surface area contributed by atoms with Crippen LogP contribution in [0.2, 0.25) is 0 Å². The van der Waals surface area contributed by atoms with Gasteiger partial charge in [0.1, 0.15) is 0 Å². The number of carboxylic acid groups (broad SMARTS) is 1. The largest absolute Gasteiger partial charge is 0.481 e. The first-order valence-electron chi connectivity index (χ1n) is 6.16. The van der Waals surface area contributed by atoms with Gasteiger partial charge in [-0.25, -0.2) is 0 Å². The minimum absolute atomic E-state index is 0.142. The summed E-state index contributed by atoms with van der Waals surface area (Å²) in [6.07, 6.45) is 2.94. The van der Waals surface area contributed by atoms with Crippen molar-refractivity contribution in [3.63, 3.8) is 0 Å². The molecule has 1 fully saturated rings. The summed E-state index contributed by atoms with van der Waals surface area (Å²) in [5.41, 5.74) is 1.29. The zero-order valence-electron chi connectivity index (χ0n) is 10.1. The van der Waals surface area contributed by atoms with Crippen LogP contribution in [0.3, 0.4) is 0 Å². The molecule has 1 heterocycles. The Morgan fingerprint density at radius 3 is 3.12 bits per heavy atom. The van der Waals surface area contributed by atoms with E-state index in [2.05, 4.69) is 29.1 Å². The first-order valence-corrected chi connectivity index (χ1v) is 7.11. The van der Waals surface area contributed by atoms with E-state index in [-0.39, 0.29) is 5.92 Å². The van der Waals surface area contributed by atoms with E-state index in [0.29, 0.717) is 12.0 Å². The zero-order valence-corrected chi connectivity index (χ0v) is 10.9. The second-order valence-corrected chi connectivity index (χ2v) is 5.60. The van der Waals surface area contributed by atoms with E-state index in [1.54, 1.807) is 11.3 Å². The van der Waals surface area contributed by atoms with Crippen LogP contribution in [-0.4, -0.2) is 17.6 Å². The van der Waals surface area contributed by atoms with Crippen molar-refractivity contribution in [1.82, 2.24) is 5.32 Å². The van der Waals surface area contributed by atoms with Crippen LogP contribution in [0.1, 0.15) is 37.8 Å². The topological polar surface area (TPSA) is 49.3 Å². The molecule has 17 heavy (non-hydrogen) atoms. The number of rotatable bonds is 5. The fraction of sp³-hybridized carbons (Fsp3) is 0.615. The molecule has 4 heteroatoms. The number of carbonyl (C=O) groups is 1. The van der Waals surface area contributed by atoms with Gasteiger partial charge < -0.3 is 10.4 Å². The highest BCUT2D eigenvalue weighted by atomic mass is 32.1. The van der Waals surface area contributed by atoms with Crippen LogP contribution in [0.5, 0.6) is 0 Å². The maximum absolute atomic E-state index is 11.1. The lowest BCUT2D eigenvalue weighted by Crippen LogP contribution is -2.30. The summed E-state index contributed by atoms with van der Waals surface area (Å²) >= 11 is 1.70. The summed E-state index contributed by atoms with van der Waals surface area (Å²) < 4.78 is 0. The Kier molecular flexibility index (Phi) is 4.18. The van der Waals surface area contributed by atoms with Crippen molar-refractivity contribution in [1.29, 1.82) is 0 Å². The fourth-order valence-electron chi connectivity index (χ4n) is 2.57. The molecule has 3 atom stereocenters. The van der Waals surface area contributed by atoms with E-state index in [4.69, 9.17) is 5.11 Å². The number of hydrogen-bond donors (Lipinski definition) is 2. The predicted octanol–water partition coefficient (Wildman–Crippen LogP) is 2.90. The normalized spacial score (nSPS) is 25.9. The van der Waals surface area contributed by atoms with Crippen LogP contribution in [0.15, 0.2) is 16.8 Å². The van der Waals surface area contributed by atoms with Crippen LogP contribution in [0, 0.1) is 11.8 Å². The van der Waals surface area contributed by atoms with Gasteiger partial charge in [-0.3, -0.25) is 4.79 Å². The van der Waals surface area contributed by atoms with Crippen LogP contribution in [0.25, 0.3) is 0 Å². The van der Waals surface area contributed by atoms with Crippen molar-refractivity contribution < 1.29 is 9.90 Å². The summed E-state index contributed by atoms with van der Waals surface area (Å²) in [7, 11) is 0. The Labute approximate surface area is 106 Å². The van der Waals surface area contributed by atoms with Gasteiger partial charge in [-0.2, -0.15) is 11.3 Å². The molecule has 3 nitrogen and oxygen atoms in total. The van der Waals surface area contributed by atoms with Gasteiger partial charge in [-0.1, -0.05) is 6.42 Å². The third-order valence-corrected chi connectivity index (χ3v) is 4.41. The van der Waals surface area contributed by atoms with Crippen molar-refractivity contribution in [2.75, 3.05) is 6.54 Å². The Hall–Kier alpha value is -0.870. The Morgan fingerprint density at radius 2 is 2.47 bits per heavy atom. The SMILES string of the molecule is CC(NCC1CCCC1C(=O)O)c1ccsc1. The molecule has 0 bridgehead atoms. The van der Waals surface area contributed by atoms with Crippen LogP contribution >= 0.6 is 11.3 Å². The maximum Gasteiger partial charge on any atom is 0.306 e. The monoisotopic (exact) mass is 253 g/mol. The van der Waals surface area contributed by atoms with Gasteiger partial charge >= 0.3 is 5.97 Å². The van der Waals surface area contributed by atoms with E-state index in [1.807, 2.05) is 0 Å². The second-order valence-electron chi connectivity index (χ2n) is 4.82. The molecule has 94 valence electrons. The highest BCUT2D eigenvalue weighted by Gasteiger charge is 2.32. The van der Waals surface area contributed by atoms with Crippen molar-refractivity contribution in [3.8, 4) is 0 Å². The quantitative estimate of drug-likeness (QED) is 0.848. The summed E-state index contributed by atoms with van der Waals surface area (Å²) in [6, 6.07) is 2.43. The number of nitrogens with one attached hydrogen (secondary N) is 1. The van der Waals surface area contributed by atoms with Gasteiger partial charge in [0.25, 0.3) is 0 Å². The first-order chi connectivity index (χ1) is 8.18. The zero-order chi connectivity index (χ0) is 12.3. The number of hydrogen-bond acceptors (Lipinski definition) is 3. The first kappa shape index (κ1) is 12.6. The Bertz CT molecular complexity index is 364. The third-order valence-electron chi connectivity index (χ3n) is 3.71. The molecule has 1 aromatic rings. The lowest BCUT2D eigenvalue weighted by molar-refractivity contribution is -0.142. The molecule has 2 N–H and O–H groups in total. The average molecular weight is 253 g/mol. The van der Waals surface area contributed by atoms with Gasteiger partial charge in [-0.15, -0.1) is 0 Å². The lowest BCUT2D eigenvalue weighted by Gasteiger charge is -2.19. The van der Waals surface area contributed by atoms with Crippen LogP contribution < -0.4 is 5.32 Å². The number of carboxylic acids is 1. The summed E-state index contributed by atoms with van der Waals surface area (Å²) in [6.45, 7) is 2.95. The summed E-state index contributed by atoms with van der Waals surface area (Å²) in [4.78, 5) is 11.1. The lowest BCUT2D eigenvalue weighted by atomic mass is 9.96. The molecule has 3 unspecified atom stereocenters. The Morgan fingerprint density at radius 1 is 1.65 bits per heavy atom. The van der Waals surface area contributed by atoms with Crippen molar-refractivity contribution in [2.24, 2.45) is 11.8 Å². The smallest absolute Gasteiger partial charge is 0.306 e. The van der Waals surface area contributed by atoms with Gasteiger partial charge in [0.05, 0.1) is 5.92 Å². The van der Waals surface area contributed by atoms with Gasteiger partial charge in [0.15, 0.2) is 0 Å². The van der Waals surface area contributed by atoms with E-state index >= 15 is 0 Å². The van der Waals surface area contributed by atoms with E-state index in [1.165, 1.54) is 5.56 Å². The molecular formula is C13H19NO2S. The highest BCUT2D eigenvalue weighted by molar-refractivity contribution is 7.07. The standard InChI is InChI=1S/C13H19NO2S/c1-9(11-5-6-17-8-11)14-7-10-3-2-4-12(10)13(15)16/h5-6,8-10,12,14H,2-4,7H2,1H3,(H,15,16). The molecule has 1 aromatic heterocycles. The van der Waals surface area contributed by atoms with E-state index < -0.39 is 5.97 Å². The second kappa shape index (κ2) is 5.65. The number of aliphatic carboxylic acids is 1. The molecule has 0 radical (unpaired) electrons. The molecule has 0 saturated heterocycles. The molecule has 1 aliphatic rings. The number of thiophene rings is 1. The van der Waals surface area contributed by atoms with Gasteiger partial charge in [0.2, 0.25) is 0 Å². The van der Waals surface area contributed by atoms with Crippen molar-refractivity contribution in [3.05, 3.63) is 22.4 Å². The highest BCUT2D eigenvalue weighted by Crippen LogP contribution is 2.31. The Balaban J connectivity index is 1.83.